The van der Waals surface area contributed by atoms with Gasteiger partial charge in [0, 0.05) is 45.6 Å². The number of nitrogens with zero attached hydrogens (tertiary/aromatic N) is 2. The number of piperidine rings is 2. The minimum Gasteiger partial charge on any atom is -0.487 e. The summed E-state index contributed by atoms with van der Waals surface area (Å²) in [5.74, 6) is 0.676. The number of imide groups is 1. The van der Waals surface area contributed by atoms with Crippen molar-refractivity contribution in [2.24, 2.45) is 0 Å². The number of amides is 3. The molecule has 0 aromatic heterocycles. The van der Waals surface area contributed by atoms with E-state index in [1.165, 1.54) is 0 Å². The van der Waals surface area contributed by atoms with Crippen LogP contribution in [-0.4, -0.2) is 67.7 Å². The Labute approximate surface area is 195 Å². The maximum absolute atomic E-state index is 12.3. The fourth-order valence-corrected chi connectivity index (χ4v) is 4.07. The first-order valence-electron chi connectivity index (χ1n) is 11.7. The Hall–Kier alpha value is -2.97. The lowest BCUT2D eigenvalue weighted by atomic mass is 10.0. The molecule has 2 N–H and O–H groups in total. The van der Waals surface area contributed by atoms with E-state index in [0.717, 1.165) is 49.6 Å². The molecule has 0 saturated carbocycles. The summed E-state index contributed by atoms with van der Waals surface area (Å²) in [5.41, 5.74) is 1.75. The van der Waals surface area contributed by atoms with Gasteiger partial charge in [-0.05, 0) is 52.2 Å². The van der Waals surface area contributed by atoms with Gasteiger partial charge in [0.2, 0.25) is 11.8 Å². The van der Waals surface area contributed by atoms with Gasteiger partial charge in [-0.15, -0.1) is 0 Å². The SMILES string of the molecule is CN(C(=O)OC(C)(C)C)C1CCN(c2cccc3c2OCCN3)CC1.O=C1CCCC(=O)N1. The third-order valence-electron chi connectivity index (χ3n) is 5.78. The molecule has 3 aliphatic heterocycles. The average Bonchev–Trinajstić information content (AvgIpc) is 2.77. The minimum absolute atomic E-state index is 0.138. The molecule has 2 saturated heterocycles. The first kappa shape index (κ1) is 24.7. The highest BCUT2D eigenvalue weighted by Crippen LogP contribution is 2.38. The van der Waals surface area contributed by atoms with Gasteiger partial charge in [-0.1, -0.05) is 6.07 Å². The van der Waals surface area contributed by atoms with Crippen LogP contribution in [0.2, 0.25) is 0 Å². The minimum atomic E-state index is -0.459. The summed E-state index contributed by atoms with van der Waals surface area (Å²) in [6, 6.07) is 6.45. The molecule has 0 unspecified atom stereocenters. The van der Waals surface area contributed by atoms with Crippen LogP contribution in [0.3, 0.4) is 0 Å². The quantitative estimate of drug-likeness (QED) is 0.654. The Balaban J connectivity index is 0.000000323. The third-order valence-corrected chi connectivity index (χ3v) is 5.78. The maximum Gasteiger partial charge on any atom is 0.410 e. The second-order valence-corrected chi connectivity index (χ2v) is 9.56. The summed E-state index contributed by atoms with van der Waals surface area (Å²) in [6.45, 7) is 9.03. The van der Waals surface area contributed by atoms with Gasteiger partial charge in [0.25, 0.3) is 0 Å². The number of benzene rings is 1. The summed E-state index contributed by atoms with van der Waals surface area (Å²) < 4.78 is 11.4. The molecule has 3 amide bonds. The van der Waals surface area contributed by atoms with Crippen LogP contribution in [0.4, 0.5) is 16.2 Å². The molecular formula is C24H36N4O5. The second kappa shape index (κ2) is 10.8. The summed E-state index contributed by atoms with van der Waals surface area (Å²) in [6.07, 6.45) is 3.33. The molecule has 3 heterocycles. The second-order valence-electron chi connectivity index (χ2n) is 9.56. The average molecular weight is 461 g/mol. The maximum atomic E-state index is 12.3. The molecule has 0 bridgehead atoms. The predicted molar refractivity (Wildman–Crippen MR) is 127 cm³/mol. The van der Waals surface area contributed by atoms with Crippen LogP contribution in [0, 0.1) is 0 Å². The molecule has 2 fully saturated rings. The Morgan fingerprint density at radius 3 is 2.39 bits per heavy atom. The molecule has 182 valence electrons. The highest BCUT2D eigenvalue weighted by atomic mass is 16.6. The van der Waals surface area contributed by atoms with Crippen LogP contribution in [0.1, 0.15) is 52.9 Å². The van der Waals surface area contributed by atoms with Crippen molar-refractivity contribution < 1.29 is 23.9 Å². The normalized spacial score (nSPS) is 18.6. The van der Waals surface area contributed by atoms with Gasteiger partial charge in [-0.2, -0.15) is 0 Å². The number of ether oxygens (including phenoxy) is 2. The van der Waals surface area contributed by atoms with E-state index in [1.54, 1.807) is 4.90 Å². The van der Waals surface area contributed by atoms with E-state index < -0.39 is 5.60 Å². The lowest BCUT2D eigenvalue weighted by Gasteiger charge is -2.39. The zero-order chi connectivity index (χ0) is 24.0. The van der Waals surface area contributed by atoms with Crippen LogP contribution >= 0.6 is 0 Å². The van der Waals surface area contributed by atoms with E-state index in [9.17, 15) is 14.4 Å². The first-order chi connectivity index (χ1) is 15.6. The van der Waals surface area contributed by atoms with Crippen LogP contribution in [0.5, 0.6) is 5.75 Å². The number of carbonyl (C=O) groups is 3. The van der Waals surface area contributed by atoms with Crippen molar-refractivity contribution in [1.29, 1.82) is 0 Å². The summed E-state index contributed by atoms with van der Waals surface area (Å²) in [4.78, 5) is 37.0. The molecule has 1 aromatic rings. The lowest BCUT2D eigenvalue weighted by Crippen LogP contribution is -2.47. The molecule has 3 aliphatic rings. The van der Waals surface area contributed by atoms with Crippen molar-refractivity contribution in [3.63, 3.8) is 0 Å². The molecular weight excluding hydrogens is 424 g/mol. The molecule has 9 nitrogen and oxygen atoms in total. The Morgan fingerprint density at radius 1 is 1.15 bits per heavy atom. The van der Waals surface area contributed by atoms with Gasteiger partial charge in [-0.3, -0.25) is 14.9 Å². The molecule has 0 spiro atoms. The Kier molecular flexibility index (Phi) is 8.05. The number of fused-ring (bicyclic) bond motifs is 1. The standard InChI is InChI=1S/C19H29N3O3.C5H7NO2/c1-19(2,3)25-18(23)21(4)14-8-11-22(12-9-14)16-7-5-6-15-17(16)24-13-10-20-15;7-4-2-1-3-5(8)6-4/h5-7,14,20H,8-13H2,1-4H3;1-3H2,(H,6,7,8). The number of carbonyl (C=O) groups excluding carboxylic acids is 3. The molecule has 4 rings (SSSR count). The van der Waals surface area contributed by atoms with E-state index in [2.05, 4.69) is 33.7 Å². The molecule has 9 heteroatoms. The van der Waals surface area contributed by atoms with Crippen LogP contribution in [0.15, 0.2) is 18.2 Å². The molecule has 33 heavy (non-hydrogen) atoms. The van der Waals surface area contributed by atoms with Crippen molar-refractivity contribution in [3.05, 3.63) is 18.2 Å². The fraction of sp³-hybridized carbons (Fsp3) is 0.625. The van der Waals surface area contributed by atoms with E-state index in [4.69, 9.17) is 9.47 Å². The van der Waals surface area contributed by atoms with Gasteiger partial charge in [0.05, 0.1) is 11.4 Å². The number of anilines is 2. The van der Waals surface area contributed by atoms with Crippen molar-refractivity contribution in [2.75, 3.05) is 43.5 Å². The number of hydrogen-bond donors (Lipinski definition) is 2. The molecule has 1 aromatic carbocycles. The van der Waals surface area contributed by atoms with Gasteiger partial charge >= 0.3 is 6.09 Å². The van der Waals surface area contributed by atoms with Crippen molar-refractivity contribution in [2.45, 2.75) is 64.5 Å². The zero-order valence-electron chi connectivity index (χ0n) is 20.1. The summed E-state index contributed by atoms with van der Waals surface area (Å²) in [7, 11) is 1.84. The van der Waals surface area contributed by atoms with Crippen molar-refractivity contribution >= 4 is 29.3 Å². The first-order valence-corrected chi connectivity index (χ1v) is 11.7. The predicted octanol–water partition coefficient (Wildman–Crippen LogP) is 3.14. The van der Waals surface area contributed by atoms with Gasteiger partial charge in [-0.25, -0.2) is 4.79 Å². The van der Waals surface area contributed by atoms with E-state index >= 15 is 0 Å². The van der Waals surface area contributed by atoms with Crippen LogP contribution in [0.25, 0.3) is 0 Å². The monoisotopic (exact) mass is 460 g/mol. The summed E-state index contributed by atoms with van der Waals surface area (Å²) in [5, 5.41) is 5.59. The number of rotatable bonds is 2. The van der Waals surface area contributed by atoms with Crippen molar-refractivity contribution in [1.82, 2.24) is 10.2 Å². The van der Waals surface area contributed by atoms with Gasteiger partial charge < -0.3 is 24.6 Å². The lowest BCUT2D eigenvalue weighted by molar-refractivity contribution is -0.132. The zero-order valence-corrected chi connectivity index (χ0v) is 20.1. The molecule has 0 atom stereocenters. The Morgan fingerprint density at radius 2 is 1.82 bits per heavy atom. The molecule has 0 radical (unpaired) electrons. The van der Waals surface area contributed by atoms with Crippen LogP contribution < -0.4 is 20.3 Å². The van der Waals surface area contributed by atoms with E-state index in [1.807, 2.05) is 27.8 Å². The number of hydrogen-bond acceptors (Lipinski definition) is 7. The summed E-state index contributed by atoms with van der Waals surface area (Å²) >= 11 is 0. The van der Waals surface area contributed by atoms with Crippen molar-refractivity contribution in [3.8, 4) is 5.75 Å². The van der Waals surface area contributed by atoms with Gasteiger partial charge in [0.1, 0.15) is 12.2 Å². The fourth-order valence-electron chi connectivity index (χ4n) is 4.07. The smallest absolute Gasteiger partial charge is 0.410 e. The Bertz CT molecular complexity index is 845. The van der Waals surface area contributed by atoms with Gasteiger partial charge in [0.15, 0.2) is 5.75 Å². The van der Waals surface area contributed by atoms with Crippen LogP contribution in [-0.2, 0) is 14.3 Å². The largest absolute Gasteiger partial charge is 0.487 e. The highest BCUT2D eigenvalue weighted by molar-refractivity contribution is 5.97. The van der Waals surface area contributed by atoms with E-state index in [-0.39, 0.29) is 23.9 Å². The number of para-hydroxylation sites is 1. The number of nitrogens with one attached hydrogen (secondary N) is 2. The molecule has 0 aliphatic carbocycles. The topological polar surface area (TPSA) is 100 Å². The van der Waals surface area contributed by atoms with E-state index in [0.29, 0.717) is 25.9 Å². The third kappa shape index (κ3) is 7.00. The highest BCUT2D eigenvalue weighted by Gasteiger charge is 2.30.